The first-order chi connectivity index (χ1) is 19.0. The van der Waals surface area contributed by atoms with E-state index >= 15 is 0 Å². The van der Waals surface area contributed by atoms with Gasteiger partial charge in [0.05, 0.1) is 11.9 Å². The van der Waals surface area contributed by atoms with Crippen LogP contribution in [0.25, 0.3) is 34.1 Å². The Morgan fingerprint density at radius 1 is 0.974 bits per heavy atom. The van der Waals surface area contributed by atoms with E-state index in [2.05, 4.69) is 49.0 Å². The van der Waals surface area contributed by atoms with Crippen molar-refractivity contribution in [3.63, 3.8) is 0 Å². The third kappa shape index (κ3) is 4.76. The van der Waals surface area contributed by atoms with Gasteiger partial charge in [0.2, 0.25) is 11.8 Å². The zero-order valence-corrected chi connectivity index (χ0v) is 21.5. The van der Waals surface area contributed by atoms with Crippen LogP contribution in [-0.2, 0) is 7.05 Å². The first kappa shape index (κ1) is 24.5. The Hall–Kier alpha value is -4.86. The largest absolute Gasteiger partial charge is 0.368 e. The minimum Gasteiger partial charge on any atom is -0.368 e. The van der Waals surface area contributed by atoms with Crippen molar-refractivity contribution in [2.24, 2.45) is 7.05 Å². The number of pyridine rings is 1. The van der Waals surface area contributed by atoms with Gasteiger partial charge in [-0.1, -0.05) is 23.4 Å². The molecule has 2 aromatic carbocycles. The molecule has 39 heavy (non-hydrogen) atoms. The highest BCUT2D eigenvalue weighted by Gasteiger charge is 2.27. The van der Waals surface area contributed by atoms with Crippen molar-refractivity contribution >= 4 is 11.6 Å². The SMILES string of the molecule is C[C@@H]1CN(c2ccc(-c3noc(-c4ccccc4)n3)cc2)CCN1c1nc(-c2ccncc2F)cc(=O)n1C. The van der Waals surface area contributed by atoms with Crippen molar-refractivity contribution in [3.8, 4) is 34.1 Å². The summed E-state index contributed by atoms with van der Waals surface area (Å²) in [7, 11) is 1.69. The van der Waals surface area contributed by atoms with E-state index in [0.29, 0.717) is 29.9 Å². The van der Waals surface area contributed by atoms with E-state index in [1.54, 1.807) is 7.05 Å². The Labute approximate surface area is 224 Å². The summed E-state index contributed by atoms with van der Waals surface area (Å²) in [5.74, 6) is 1.03. The topological polar surface area (TPSA) is 93.2 Å². The third-order valence-electron chi connectivity index (χ3n) is 6.98. The maximum atomic E-state index is 14.4. The minimum atomic E-state index is -0.511. The van der Waals surface area contributed by atoms with Crippen LogP contribution < -0.4 is 15.4 Å². The molecule has 1 fully saturated rings. The highest BCUT2D eigenvalue weighted by Crippen LogP contribution is 2.28. The number of aromatic nitrogens is 5. The second-order valence-corrected chi connectivity index (χ2v) is 9.52. The maximum Gasteiger partial charge on any atom is 0.258 e. The van der Waals surface area contributed by atoms with Crippen molar-refractivity contribution in [1.29, 1.82) is 0 Å². The molecular weight excluding hydrogens is 497 g/mol. The van der Waals surface area contributed by atoms with Crippen LogP contribution in [0.5, 0.6) is 0 Å². The molecule has 9 nitrogen and oxygen atoms in total. The van der Waals surface area contributed by atoms with E-state index in [1.165, 1.54) is 22.9 Å². The highest BCUT2D eigenvalue weighted by atomic mass is 19.1. The molecular formula is C29H26FN7O2. The van der Waals surface area contributed by atoms with Crippen LogP contribution in [0.2, 0.25) is 0 Å². The van der Waals surface area contributed by atoms with E-state index in [9.17, 15) is 9.18 Å². The van der Waals surface area contributed by atoms with Gasteiger partial charge in [-0.15, -0.1) is 0 Å². The number of hydrogen-bond donors (Lipinski definition) is 0. The van der Waals surface area contributed by atoms with Gasteiger partial charge in [0.25, 0.3) is 11.4 Å². The summed E-state index contributed by atoms with van der Waals surface area (Å²) in [6.45, 7) is 4.20. The molecule has 1 saturated heterocycles. The molecule has 3 aromatic heterocycles. The number of nitrogens with zero attached hydrogens (tertiary/aromatic N) is 7. The van der Waals surface area contributed by atoms with Gasteiger partial charge in [-0.2, -0.15) is 4.98 Å². The van der Waals surface area contributed by atoms with Crippen molar-refractivity contribution in [1.82, 2.24) is 24.7 Å². The lowest BCUT2D eigenvalue weighted by molar-refractivity contribution is 0.432. The number of hydrogen-bond acceptors (Lipinski definition) is 8. The molecule has 0 aliphatic carbocycles. The lowest BCUT2D eigenvalue weighted by atomic mass is 10.1. The number of piperazine rings is 1. The van der Waals surface area contributed by atoms with Crippen LogP contribution in [-0.4, -0.2) is 50.4 Å². The quantitative estimate of drug-likeness (QED) is 0.334. The molecule has 1 aliphatic rings. The molecule has 0 N–H and O–H groups in total. The fourth-order valence-electron chi connectivity index (χ4n) is 4.85. The maximum absolute atomic E-state index is 14.4. The first-order valence-corrected chi connectivity index (χ1v) is 12.7. The third-order valence-corrected chi connectivity index (χ3v) is 6.98. The molecule has 1 aliphatic heterocycles. The molecule has 10 heteroatoms. The molecule has 0 bridgehead atoms. The van der Waals surface area contributed by atoms with Gasteiger partial charge in [-0.05, 0) is 49.4 Å². The number of anilines is 2. The summed E-state index contributed by atoms with van der Waals surface area (Å²) in [4.78, 5) is 30.1. The molecule has 1 atom stereocenters. The van der Waals surface area contributed by atoms with Crippen LogP contribution in [0.15, 0.2) is 88.4 Å². The summed E-state index contributed by atoms with van der Waals surface area (Å²) < 4.78 is 21.3. The van der Waals surface area contributed by atoms with Gasteiger partial charge in [0.15, 0.2) is 5.82 Å². The Morgan fingerprint density at radius 3 is 2.51 bits per heavy atom. The zero-order valence-electron chi connectivity index (χ0n) is 21.5. The van der Waals surface area contributed by atoms with Gasteiger partial charge >= 0.3 is 0 Å². The van der Waals surface area contributed by atoms with E-state index in [4.69, 9.17) is 4.52 Å². The predicted octanol–water partition coefficient (Wildman–Crippen LogP) is 4.41. The van der Waals surface area contributed by atoms with Gasteiger partial charge in [-0.25, -0.2) is 9.37 Å². The summed E-state index contributed by atoms with van der Waals surface area (Å²) in [6.07, 6.45) is 2.62. The van der Waals surface area contributed by atoms with Crippen molar-refractivity contribution in [3.05, 3.63) is 95.3 Å². The molecule has 0 unspecified atom stereocenters. The zero-order chi connectivity index (χ0) is 26.9. The van der Waals surface area contributed by atoms with E-state index < -0.39 is 5.82 Å². The standard InChI is InChI=1S/C29H26FN7O2/c1-19-18-36(22-10-8-20(9-11-22)27-33-28(39-34-27)21-6-4-3-5-7-21)14-15-37(19)29-32-25(16-26(38)35(29)2)23-12-13-31-17-24(23)30/h3-13,16-17,19H,14-15,18H2,1-2H3/t19-/m1/s1. The van der Waals surface area contributed by atoms with Crippen molar-refractivity contribution in [2.45, 2.75) is 13.0 Å². The van der Waals surface area contributed by atoms with Crippen LogP contribution >= 0.6 is 0 Å². The normalized spacial score (nSPS) is 15.5. The molecule has 0 spiro atoms. The Kier molecular flexibility index (Phi) is 6.36. The van der Waals surface area contributed by atoms with Gasteiger partial charge in [0.1, 0.15) is 0 Å². The lowest BCUT2D eigenvalue weighted by Gasteiger charge is -2.42. The van der Waals surface area contributed by atoms with E-state index in [0.717, 1.165) is 36.1 Å². The Balaban J connectivity index is 1.19. The number of halogens is 1. The van der Waals surface area contributed by atoms with E-state index in [-0.39, 0.29) is 17.2 Å². The van der Waals surface area contributed by atoms with Crippen molar-refractivity contribution in [2.75, 3.05) is 29.4 Å². The average Bonchev–Trinajstić information content (AvgIpc) is 3.46. The summed E-state index contributed by atoms with van der Waals surface area (Å²) in [6, 6.07) is 20.7. The number of benzene rings is 2. The van der Waals surface area contributed by atoms with Crippen LogP contribution in [0.4, 0.5) is 16.0 Å². The number of rotatable bonds is 5. The van der Waals surface area contributed by atoms with Gasteiger partial charge in [-0.3, -0.25) is 14.3 Å². The molecule has 0 radical (unpaired) electrons. The lowest BCUT2D eigenvalue weighted by Crippen LogP contribution is -2.53. The van der Waals surface area contributed by atoms with E-state index in [1.807, 2.05) is 42.5 Å². The molecule has 6 rings (SSSR count). The Bertz CT molecular complexity index is 1670. The molecule has 4 heterocycles. The fraction of sp³-hybridized carbons (Fsp3) is 0.207. The summed E-state index contributed by atoms with van der Waals surface area (Å²) in [5, 5.41) is 4.14. The Morgan fingerprint density at radius 2 is 1.77 bits per heavy atom. The highest BCUT2D eigenvalue weighted by molar-refractivity contribution is 5.64. The van der Waals surface area contributed by atoms with Crippen LogP contribution in [0.3, 0.4) is 0 Å². The summed E-state index contributed by atoms with van der Waals surface area (Å²) in [5.41, 5.74) is 3.14. The second kappa shape index (κ2) is 10.1. The fourth-order valence-corrected chi connectivity index (χ4v) is 4.85. The summed E-state index contributed by atoms with van der Waals surface area (Å²) >= 11 is 0. The molecule has 196 valence electrons. The minimum absolute atomic E-state index is 0.0553. The first-order valence-electron chi connectivity index (χ1n) is 12.7. The van der Waals surface area contributed by atoms with Crippen molar-refractivity contribution < 1.29 is 8.91 Å². The van der Waals surface area contributed by atoms with Crippen LogP contribution in [0.1, 0.15) is 6.92 Å². The smallest absolute Gasteiger partial charge is 0.258 e. The monoisotopic (exact) mass is 523 g/mol. The molecule has 0 saturated carbocycles. The van der Waals surface area contributed by atoms with Gasteiger partial charge < -0.3 is 14.3 Å². The predicted molar refractivity (Wildman–Crippen MR) is 147 cm³/mol. The van der Waals surface area contributed by atoms with Crippen LogP contribution in [0, 0.1) is 5.82 Å². The average molecular weight is 524 g/mol. The second-order valence-electron chi connectivity index (χ2n) is 9.52. The molecule has 0 amide bonds. The van der Waals surface area contributed by atoms with Gasteiger partial charge in [0, 0.05) is 67.4 Å². The molecule has 5 aromatic rings.